The number of halogens is 2. The Bertz CT molecular complexity index is 1710. The second-order valence-corrected chi connectivity index (χ2v) is 14.4. The van der Waals surface area contributed by atoms with E-state index in [0.29, 0.717) is 11.2 Å². The van der Waals surface area contributed by atoms with E-state index in [1.54, 1.807) is 0 Å². The van der Waals surface area contributed by atoms with Crippen LogP contribution >= 0.6 is 14.2 Å². The highest BCUT2D eigenvalue weighted by Crippen LogP contribution is 2.54. The van der Waals surface area contributed by atoms with Crippen LogP contribution in [0.1, 0.15) is 12.5 Å². The SMILES string of the molecule is [B][P@@]1(=O)OC[C@H]2O[C@@H](n3cnc4c(N)ncnc43)[C@H](F)[C@@H]2OP(O)(=S)OC[C@H]2O[C@@H](n3cnc4c(N)ccnc43)[C@H](F)[C@@H]2O1. The molecule has 0 spiro atoms. The first-order chi connectivity index (χ1) is 20.9. The quantitative estimate of drug-likeness (QED) is 0.201. The zero-order chi connectivity index (χ0) is 31.0. The molecule has 0 aliphatic carbocycles. The second kappa shape index (κ2) is 11.0. The summed E-state index contributed by atoms with van der Waals surface area (Å²) < 4.78 is 81.1. The Morgan fingerprint density at radius 2 is 1.50 bits per heavy atom. The molecule has 2 radical (unpaired) electrons. The molecule has 0 aromatic carbocycles. The Labute approximate surface area is 252 Å². The minimum atomic E-state index is -4.56. The van der Waals surface area contributed by atoms with Gasteiger partial charge in [-0.2, -0.15) is 0 Å². The van der Waals surface area contributed by atoms with Crippen LogP contribution in [0.5, 0.6) is 0 Å². The number of nitrogens with two attached hydrogens (primary N) is 2. The molecule has 0 amide bonds. The van der Waals surface area contributed by atoms with Crippen molar-refractivity contribution in [1.82, 2.24) is 34.1 Å². The van der Waals surface area contributed by atoms with E-state index in [0.717, 1.165) is 6.33 Å². The lowest BCUT2D eigenvalue weighted by molar-refractivity contribution is -0.0566. The fourth-order valence-electron chi connectivity index (χ4n) is 5.28. The summed E-state index contributed by atoms with van der Waals surface area (Å²) in [7, 11) is 1.28. The van der Waals surface area contributed by atoms with E-state index in [-0.39, 0.29) is 22.6 Å². The van der Waals surface area contributed by atoms with Gasteiger partial charge < -0.3 is 39.4 Å². The minimum Gasteiger partial charge on any atom is -0.397 e. The summed E-state index contributed by atoms with van der Waals surface area (Å²) in [5, 5.41) is 0. The van der Waals surface area contributed by atoms with E-state index in [2.05, 4.69) is 24.9 Å². The molecule has 4 aromatic heterocycles. The number of aromatic nitrogens is 7. The zero-order valence-electron chi connectivity index (χ0n) is 22.1. The van der Waals surface area contributed by atoms with Crippen LogP contribution in [0.25, 0.3) is 22.3 Å². The molecule has 3 fully saturated rings. The third-order valence-corrected chi connectivity index (χ3v) is 9.91. The van der Waals surface area contributed by atoms with Gasteiger partial charge in [-0.15, -0.1) is 0 Å². The molecular formula is C21H22BF2N9O8P2S. The summed E-state index contributed by atoms with van der Waals surface area (Å²) in [6.07, 6.45) is -7.79. The van der Waals surface area contributed by atoms with E-state index in [4.69, 9.17) is 58.4 Å². The van der Waals surface area contributed by atoms with Gasteiger partial charge in [0.15, 0.2) is 41.9 Å². The maximum Gasteiger partial charge on any atom is 0.325 e. The number of imidazole rings is 2. The van der Waals surface area contributed by atoms with Gasteiger partial charge in [0.05, 0.1) is 31.6 Å². The monoisotopic (exact) mass is 671 g/mol. The van der Waals surface area contributed by atoms with Gasteiger partial charge in [-0.05, 0) is 17.9 Å². The molecule has 3 aliphatic heterocycles. The predicted octanol–water partition coefficient (Wildman–Crippen LogP) is 1.22. The van der Waals surface area contributed by atoms with Gasteiger partial charge in [-0.3, -0.25) is 18.2 Å². The number of hydrogen-bond donors (Lipinski definition) is 3. The van der Waals surface area contributed by atoms with Crippen molar-refractivity contribution in [1.29, 1.82) is 0 Å². The summed E-state index contributed by atoms with van der Waals surface area (Å²) in [6.45, 7) is -5.56. The van der Waals surface area contributed by atoms with Crippen molar-refractivity contribution in [3.8, 4) is 0 Å². The van der Waals surface area contributed by atoms with Crippen molar-refractivity contribution in [3.05, 3.63) is 31.2 Å². The van der Waals surface area contributed by atoms with Crippen LogP contribution in [0.4, 0.5) is 20.3 Å². The third-order valence-electron chi connectivity index (χ3n) is 7.31. The minimum absolute atomic E-state index is 0.0523. The lowest BCUT2D eigenvalue weighted by Crippen LogP contribution is -2.37. The number of pyridine rings is 1. The van der Waals surface area contributed by atoms with Crippen molar-refractivity contribution in [2.75, 3.05) is 24.7 Å². The van der Waals surface area contributed by atoms with Gasteiger partial charge >= 0.3 is 6.72 Å². The van der Waals surface area contributed by atoms with Crippen molar-refractivity contribution >= 4 is 67.4 Å². The topological polar surface area (TPSA) is 219 Å². The Kier molecular flexibility index (Phi) is 7.48. The normalized spacial score (nSPS) is 38.2. The van der Waals surface area contributed by atoms with Crippen LogP contribution in [0.15, 0.2) is 31.2 Å². The standard InChI is InChI=1S/C21H22BF2N9O8P2S/c22-42(34)36-3-9-16(12(24)21(38-9)33-7-31-14-17(26)28-5-29-19(14)33)41-43(35,44)37-4-10-15(40-42)11(23)20(39-10)32-6-30-13-8(25)1-2-27-18(13)32/h1-2,5-7,9-12,15-16,20-21H,3-4H2,(H2,25,27)(H,35,44)(H2,26,28,29)/t9-,10-,11-,12-,15-,16-,20-,21-,42-,43?/m1/s1. The van der Waals surface area contributed by atoms with Gasteiger partial charge in [-0.1, -0.05) is 0 Å². The fraction of sp³-hybridized carbons (Fsp3) is 0.476. The number of ether oxygens (including phenoxy) is 2. The van der Waals surface area contributed by atoms with E-state index in [1.807, 2.05) is 0 Å². The molecule has 232 valence electrons. The summed E-state index contributed by atoms with van der Waals surface area (Å²) >= 11 is 5.15. The average molecular weight is 671 g/mol. The maximum atomic E-state index is 16.0. The first-order valence-electron chi connectivity index (χ1n) is 12.9. The summed E-state index contributed by atoms with van der Waals surface area (Å²) in [5.41, 5.74) is 12.9. The van der Waals surface area contributed by atoms with E-state index in [1.165, 1.54) is 34.1 Å². The number of alkyl halides is 2. The first-order valence-corrected chi connectivity index (χ1v) is 17.1. The molecule has 44 heavy (non-hydrogen) atoms. The maximum absolute atomic E-state index is 16.0. The van der Waals surface area contributed by atoms with Gasteiger partial charge in [0.25, 0.3) is 7.47 Å². The van der Waals surface area contributed by atoms with Crippen molar-refractivity contribution in [3.63, 3.8) is 0 Å². The largest absolute Gasteiger partial charge is 0.397 e. The highest BCUT2D eigenvalue weighted by atomic mass is 32.5. The van der Waals surface area contributed by atoms with Crippen LogP contribution in [0, 0.1) is 0 Å². The van der Waals surface area contributed by atoms with Crippen molar-refractivity contribution < 1.29 is 45.8 Å². The van der Waals surface area contributed by atoms with Crippen molar-refractivity contribution in [2.45, 2.75) is 49.2 Å². The molecule has 0 bridgehead atoms. The molecule has 3 aliphatic rings. The molecule has 0 saturated carbocycles. The molecule has 5 N–H and O–H groups in total. The van der Waals surface area contributed by atoms with Gasteiger partial charge in [-0.25, -0.2) is 33.7 Å². The highest BCUT2D eigenvalue weighted by Gasteiger charge is 2.53. The molecule has 10 atom stereocenters. The molecule has 1 unspecified atom stereocenters. The van der Waals surface area contributed by atoms with Crippen LogP contribution in [-0.4, -0.2) is 96.5 Å². The lowest BCUT2D eigenvalue weighted by atomic mass is 10.1. The van der Waals surface area contributed by atoms with E-state index in [9.17, 15) is 9.46 Å². The van der Waals surface area contributed by atoms with Crippen LogP contribution in [0.2, 0.25) is 0 Å². The molecule has 3 saturated heterocycles. The number of fused-ring (bicyclic) bond motifs is 4. The zero-order valence-corrected chi connectivity index (χ0v) is 24.8. The van der Waals surface area contributed by atoms with E-state index >= 15 is 8.78 Å². The summed E-state index contributed by atoms with van der Waals surface area (Å²) in [4.78, 5) is 31.3. The molecule has 4 aromatic rings. The first kappa shape index (κ1) is 30.0. The average Bonchev–Trinajstić information content (AvgIpc) is 3.73. The second-order valence-electron chi connectivity index (χ2n) is 10.1. The number of anilines is 2. The van der Waals surface area contributed by atoms with Crippen LogP contribution in [0.3, 0.4) is 0 Å². The Morgan fingerprint density at radius 3 is 2.18 bits per heavy atom. The Balaban J connectivity index is 1.17. The fourth-order valence-corrected chi connectivity index (χ4v) is 7.72. The number of nitrogens with zero attached hydrogens (tertiary/aromatic N) is 7. The van der Waals surface area contributed by atoms with E-state index < -0.39 is 76.6 Å². The van der Waals surface area contributed by atoms with Gasteiger partial charge in [0, 0.05) is 6.20 Å². The number of hydrogen-bond acceptors (Lipinski definition) is 15. The van der Waals surface area contributed by atoms with Gasteiger partial charge in [0.2, 0.25) is 7.57 Å². The van der Waals surface area contributed by atoms with Gasteiger partial charge in [0.1, 0.15) is 41.8 Å². The third kappa shape index (κ3) is 5.20. The number of rotatable bonds is 2. The lowest BCUT2D eigenvalue weighted by Gasteiger charge is -2.29. The predicted molar refractivity (Wildman–Crippen MR) is 151 cm³/mol. The molecule has 7 heterocycles. The Morgan fingerprint density at radius 1 is 0.909 bits per heavy atom. The van der Waals surface area contributed by atoms with Crippen LogP contribution < -0.4 is 11.5 Å². The van der Waals surface area contributed by atoms with Crippen molar-refractivity contribution in [2.24, 2.45) is 0 Å². The molecular weight excluding hydrogens is 649 g/mol. The summed E-state index contributed by atoms with van der Waals surface area (Å²) in [5.74, 6) is 0.0523. The smallest absolute Gasteiger partial charge is 0.325 e. The molecule has 17 nitrogen and oxygen atoms in total. The molecule has 23 heteroatoms. The molecule has 7 rings (SSSR count). The Hall–Kier alpha value is -2.71. The highest BCUT2D eigenvalue weighted by molar-refractivity contribution is 8.07. The summed E-state index contributed by atoms with van der Waals surface area (Å²) in [6, 6.07) is 1.52. The number of nitrogen functional groups attached to an aromatic ring is 2. The van der Waals surface area contributed by atoms with Crippen LogP contribution in [-0.2, 0) is 43.9 Å².